The van der Waals surface area contributed by atoms with Crippen LogP contribution < -0.4 is 5.32 Å². The molecule has 1 atom stereocenters. The highest BCUT2D eigenvalue weighted by Crippen LogP contribution is 2.21. The number of amides is 1. The molecule has 0 bridgehead atoms. The van der Waals surface area contributed by atoms with Crippen LogP contribution >= 0.6 is 0 Å². The van der Waals surface area contributed by atoms with E-state index in [2.05, 4.69) is 46.7 Å². The lowest BCUT2D eigenvalue weighted by atomic mass is 10.0. The van der Waals surface area contributed by atoms with Gasteiger partial charge in [0.05, 0.1) is 11.6 Å². The molecule has 0 saturated carbocycles. The molecule has 1 aromatic heterocycles. The van der Waals surface area contributed by atoms with E-state index in [1.165, 1.54) is 11.1 Å². The van der Waals surface area contributed by atoms with E-state index in [1.54, 1.807) is 12.3 Å². The van der Waals surface area contributed by atoms with Crippen LogP contribution in [0.4, 0.5) is 0 Å². The summed E-state index contributed by atoms with van der Waals surface area (Å²) >= 11 is 0. The number of nitrogens with one attached hydrogen (secondary N) is 1. The van der Waals surface area contributed by atoms with Crippen molar-refractivity contribution in [1.82, 2.24) is 10.3 Å². The zero-order valence-corrected chi connectivity index (χ0v) is 13.9. The first-order valence-corrected chi connectivity index (χ1v) is 8.02. The molecule has 0 aliphatic heterocycles. The largest absolute Gasteiger partial charge is 0.345 e. The van der Waals surface area contributed by atoms with Crippen LogP contribution in [0, 0.1) is 6.92 Å². The molecule has 3 nitrogen and oxygen atoms in total. The number of rotatable bonds is 4. The molecule has 1 N–H and O–H groups in total. The Morgan fingerprint density at radius 1 is 0.917 bits per heavy atom. The lowest BCUT2D eigenvalue weighted by Gasteiger charge is -2.15. The number of carbonyl (C=O) groups excluding carboxylic acids is 1. The fraction of sp³-hybridized carbons (Fsp3) is 0.143. The molecule has 120 valence electrons. The van der Waals surface area contributed by atoms with Crippen LogP contribution in [0.2, 0.25) is 0 Å². The molecule has 3 rings (SSSR count). The van der Waals surface area contributed by atoms with Crippen molar-refractivity contribution in [3.05, 3.63) is 89.7 Å². The Bertz CT molecular complexity index is 809. The van der Waals surface area contributed by atoms with Crippen molar-refractivity contribution in [2.75, 3.05) is 0 Å². The van der Waals surface area contributed by atoms with Gasteiger partial charge in [0.1, 0.15) is 0 Å². The summed E-state index contributed by atoms with van der Waals surface area (Å²) in [5.74, 6) is -0.109. The molecule has 0 aliphatic carbocycles. The zero-order chi connectivity index (χ0) is 16.9. The first-order valence-electron chi connectivity index (χ1n) is 8.02. The SMILES string of the molecule is Cc1ccc(C(=O)NC(C)c2ccc(-c3ccccc3)cc2)cn1. The summed E-state index contributed by atoms with van der Waals surface area (Å²) < 4.78 is 0. The van der Waals surface area contributed by atoms with E-state index in [0.717, 1.165) is 11.3 Å². The lowest BCUT2D eigenvalue weighted by molar-refractivity contribution is 0.0939. The Balaban J connectivity index is 1.70. The summed E-state index contributed by atoms with van der Waals surface area (Å²) in [5, 5.41) is 3.01. The molecule has 0 saturated heterocycles. The maximum atomic E-state index is 12.3. The smallest absolute Gasteiger partial charge is 0.253 e. The monoisotopic (exact) mass is 316 g/mol. The van der Waals surface area contributed by atoms with Crippen molar-refractivity contribution in [2.45, 2.75) is 19.9 Å². The molecule has 2 aromatic carbocycles. The minimum atomic E-state index is -0.109. The summed E-state index contributed by atoms with van der Waals surface area (Å²) in [6.07, 6.45) is 1.61. The quantitative estimate of drug-likeness (QED) is 0.767. The van der Waals surface area contributed by atoms with Crippen molar-refractivity contribution < 1.29 is 4.79 Å². The number of nitrogens with zero attached hydrogens (tertiary/aromatic N) is 1. The summed E-state index contributed by atoms with van der Waals surface area (Å²) in [6.45, 7) is 3.88. The van der Waals surface area contributed by atoms with Crippen LogP contribution in [0.3, 0.4) is 0 Å². The number of benzene rings is 2. The van der Waals surface area contributed by atoms with Crippen molar-refractivity contribution in [2.24, 2.45) is 0 Å². The zero-order valence-electron chi connectivity index (χ0n) is 13.9. The third kappa shape index (κ3) is 3.69. The third-order valence-corrected chi connectivity index (χ3v) is 4.04. The van der Waals surface area contributed by atoms with E-state index in [1.807, 2.05) is 38.1 Å². The number of pyridine rings is 1. The second kappa shape index (κ2) is 7.09. The summed E-state index contributed by atoms with van der Waals surface area (Å²) in [4.78, 5) is 16.4. The molecule has 3 heteroatoms. The van der Waals surface area contributed by atoms with E-state index in [9.17, 15) is 4.79 Å². The summed E-state index contributed by atoms with van der Waals surface area (Å²) in [6, 6.07) is 22.1. The van der Waals surface area contributed by atoms with Crippen molar-refractivity contribution in [1.29, 1.82) is 0 Å². The highest BCUT2D eigenvalue weighted by Gasteiger charge is 2.11. The van der Waals surface area contributed by atoms with E-state index >= 15 is 0 Å². The van der Waals surface area contributed by atoms with Gasteiger partial charge >= 0.3 is 0 Å². The van der Waals surface area contributed by atoms with Crippen molar-refractivity contribution >= 4 is 5.91 Å². The van der Waals surface area contributed by atoms with Crippen LogP contribution in [-0.2, 0) is 0 Å². The molecule has 1 amide bonds. The van der Waals surface area contributed by atoms with Crippen molar-refractivity contribution in [3.8, 4) is 11.1 Å². The van der Waals surface area contributed by atoms with Crippen LogP contribution in [-0.4, -0.2) is 10.9 Å². The van der Waals surface area contributed by atoms with E-state index < -0.39 is 0 Å². The maximum Gasteiger partial charge on any atom is 0.253 e. The second-order valence-electron chi connectivity index (χ2n) is 5.87. The van der Waals surface area contributed by atoms with Gasteiger partial charge in [-0.3, -0.25) is 9.78 Å². The van der Waals surface area contributed by atoms with E-state index in [4.69, 9.17) is 0 Å². The number of hydrogen-bond donors (Lipinski definition) is 1. The molecular weight excluding hydrogens is 296 g/mol. The van der Waals surface area contributed by atoms with Gasteiger partial charge in [-0.1, -0.05) is 54.6 Å². The topological polar surface area (TPSA) is 42.0 Å². The first-order chi connectivity index (χ1) is 11.6. The third-order valence-electron chi connectivity index (χ3n) is 4.04. The Morgan fingerprint density at radius 2 is 1.58 bits per heavy atom. The molecule has 0 aliphatic rings. The highest BCUT2D eigenvalue weighted by molar-refractivity contribution is 5.94. The molecule has 3 aromatic rings. The van der Waals surface area contributed by atoms with Gasteiger partial charge in [-0.15, -0.1) is 0 Å². The molecule has 0 radical (unpaired) electrons. The maximum absolute atomic E-state index is 12.3. The molecule has 1 unspecified atom stereocenters. The lowest BCUT2D eigenvalue weighted by Crippen LogP contribution is -2.26. The van der Waals surface area contributed by atoms with Crippen LogP contribution in [0.1, 0.15) is 34.6 Å². The van der Waals surface area contributed by atoms with Gasteiger partial charge in [0, 0.05) is 11.9 Å². The molecule has 1 heterocycles. The fourth-order valence-corrected chi connectivity index (χ4v) is 2.56. The van der Waals surface area contributed by atoms with Crippen LogP contribution in [0.5, 0.6) is 0 Å². The van der Waals surface area contributed by atoms with Gasteiger partial charge in [-0.2, -0.15) is 0 Å². The Kier molecular flexibility index (Phi) is 4.71. The highest BCUT2D eigenvalue weighted by atomic mass is 16.1. The minimum absolute atomic E-state index is 0.0661. The molecule has 0 fully saturated rings. The first kappa shape index (κ1) is 15.9. The summed E-state index contributed by atoms with van der Waals surface area (Å²) in [7, 11) is 0. The predicted molar refractivity (Wildman–Crippen MR) is 96.7 cm³/mol. The normalized spacial score (nSPS) is 11.8. The number of aryl methyl sites for hydroxylation is 1. The molecule has 0 spiro atoms. The number of aromatic nitrogens is 1. The molecular formula is C21H20N2O. The van der Waals surface area contributed by atoms with E-state index in [-0.39, 0.29) is 11.9 Å². The van der Waals surface area contributed by atoms with Gasteiger partial charge in [0.25, 0.3) is 5.91 Å². The van der Waals surface area contributed by atoms with Crippen LogP contribution in [0.25, 0.3) is 11.1 Å². The van der Waals surface area contributed by atoms with Gasteiger partial charge in [-0.05, 0) is 42.7 Å². The fourth-order valence-electron chi connectivity index (χ4n) is 2.56. The molecule has 24 heavy (non-hydrogen) atoms. The predicted octanol–water partition coefficient (Wildman–Crippen LogP) is 4.55. The van der Waals surface area contributed by atoms with Gasteiger partial charge in [0.15, 0.2) is 0 Å². The van der Waals surface area contributed by atoms with Crippen molar-refractivity contribution in [3.63, 3.8) is 0 Å². The van der Waals surface area contributed by atoms with E-state index in [0.29, 0.717) is 5.56 Å². The average Bonchev–Trinajstić information content (AvgIpc) is 2.63. The van der Waals surface area contributed by atoms with Gasteiger partial charge in [-0.25, -0.2) is 0 Å². The minimum Gasteiger partial charge on any atom is -0.345 e. The second-order valence-corrected chi connectivity index (χ2v) is 5.87. The standard InChI is InChI=1S/C21H20N2O/c1-15-8-9-20(14-22-15)21(24)23-16(2)17-10-12-19(13-11-17)18-6-4-3-5-7-18/h3-14,16H,1-2H3,(H,23,24). The van der Waals surface area contributed by atoms with Gasteiger partial charge in [0.2, 0.25) is 0 Å². The number of carbonyl (C=O) groups is 1. The Hall–Kier alpha value is -2.94. The number of hydrogen-bond acceptors (Lipinski definition) is 2. The average molecular weight is 316 g/mol. The Labute approximate surface area is 142 Å². The van der Waals surface area contributed by atoms with Crippen LogP contribution in [0.15, 0.2) is 72.9 Å². The Morgan fingerprint density at radius 3 is 2.21 bits per heavy atom. The van der Waals surface area contributed by atoms with Gasteiger partial charge < -0.3 is 5.32 Å². The summed E-state index contributed by atoms with van der Waals surface area (Å²) in [5.41, 5.74) is 4.90.